The summed E-state index contributed by atoms with van der Waals surface area (Å²) in [6, 6.07) is 0. The maximum atomic E-state index is 11.4. The van der Waals surface area contributed by atoms with Crippen LogP contribution in [0.2, 0.25) is 0 Å². The van der Waals surface area contributed by atoms with Crippen molar-refractivity contribution in [2.75, 3.05) is 11.1 Å². The second-order valence-corrected chi connectivity index (χ2v) is 3.09. The fourth-order valence-corrected chi connectivity index (χ4v) is 1.35. The molecule has 0 amide bonds. The van der Waals surface area contributed by atoms with Crippen LogP contribution in [0.3, 0.4) is 0 Å². The summed E-state index contributed by atoms with van der Waals surface area (Å²) >= 11 is 0. The molecule has 78 valence electrons. The fourth-order valence-electron chi connectivity index (χ4n) is 1.35. The van der Waals surface area contributed by atoms with Gasteiger partial charge in [0.2, 0.25) is 0 Å². The van der Waals surface area contributed by atoms with Gasteiger partial charge in [0.1, 0.15) is 17.8 Å². The molecule has 2 heterocycles. The molecule has 0 saturated heterocycles. The molecule has 0 radical (unpaired) electrons. The van der Waals surface area contributed by atoms with Crippen LogP contribution >= 0.6 is 0 Å². The molecular weight excluding hydrogens is 200 g/mol. The van der Waals surface area contributed by atoms with Crippen molar-refractivity contribution < 1.29 is 4.79 Å². The number of allylic oxidation sites excluding steroid dienone is 1. The van der Waals surface area contributed by atoms with Crippen LogP contribution in [0.1, 0.15) is 0 Å². The average molecular weight is 208 g/mol. The van der Waals surface area contributed by atoms with Gasteiger partial charge in [-0.3, -0.25) is 19.1 Å². The second kappa shape index (κ2) is 3.12. The number of fused-ring (bicyclic) bond motifs is 1. The van der Waals surface area contributed by atoms with Crippen LogP contribution in [0.5, 0.6) is 0 Å². The number of carbonyl (C=O) groups is 1. The fraction of sp³-hybridized carbons (Fsp3) is 0.125. The summed E-state index contributed by atoms with van der Waals surface area (Å²) in [5.74, 6) is 0.217. The van der Waals surface area contributed by atoms with Gasteiger partial charge >= 0.3 is 5.69 Å². The van der Waals surface area contributed by atoms with E-state index >= 15 is 0 Å². The zero-order valence-corrected chi connectivity index (χ0v) is 7.61. The van der Waals surface area contributed by atoms with Crippen LogP contribution in [0, 0.1) is 0 Å². The van der Waals surface area contributed by atoms with Crippen LogP contribution in [-0.4, -0.2) is 15.8 Å². The highest BCUT2D eigenvalue weighted by molar-refractivity contribution is 5.76. The highest BCUT2D eigenvalue weighted by Crippen LogP contribution is 2.16. The number of H-pyrrole nitrogens is 1. The SMILES string of the molecule is Nc1c2n(c(=O)[nH]c1=O)CC(C=O)=CN2. The van der Waals surface area contributed by atoms with Crippen molar-refractivity contribution >= 4 is 17.8 Å². The summed E-state index contributed by atoms with van der Waals surface area (Å²) in [4.78, 5) is 35.1. The van der Waals surface area contributed by atoms with Gasteiger partial charge in [0, 0.05) is 11.8 Å². The van der Waals surface area contributed by atoms with E-state index in [-0.39, 0.29) is 18.1 Å². The largest absolute Gasteiger partial charge is 0.391 e. The van der Waals surface area contributed by atoms with E-state index in [1.807, 2.05) is 0 Å². The molecule has 4 N–H and O–H groups in total. The predicted molar refractivity (Wildman–Crippen MR) is 53.5 cm³/mol. The number of nitrogen functional groups attached to an aromatic ring is 1. The van der Waals surface area contributed by atoms with Crippen molar-refractivity contribution in [1.82, 2.24) is 9.55 Å². The number of hydrogen-bond donors (Lipinski definition) is 3. The Morgan fingerprint density at radius 3 is 2.87 bits per heavy atom. The smallest absolute Gasteiger partial charge is 0.330 e. The Kier molecular flexibility index (Phi) is 1.93. The van der Waals surface area contributed by atoms with Gasteiger partial charge in [-0.2, -0.15) is 0 Å². The minimum atomic E-state index is -0.637. The van der Waals surface area contributed by atoms with Gasteiger partial charge in [-0.1, -0.05) is 0 Å². The minimum Gasteiger partial charge on any atom is -0.391 e. The Labute approximate surface area is 83.2 Å². The summed E-state index contributed by atoms with van der Waals surface area (Å²) in [6.45, 7) is 0.103. The van der Waals surface area contributed by atoms with Crippen LogP contribution in [-0.2, 0) is 11.3 Å². The van der Waals surface area contributed by atoms with Crippen LogP contribution in [0.25, 0.3) is 0 Å². The van der Waals surface area contributed by atoms with Gasteiger partial charge in [0.25, 0.3) is 5.56 Å². The van der Waals surface area contributed by atoms with Crippen molar-refractivity contribution in [3.8, 4) is 0 Å². The molecule has 7 nitrogen and oxygen atoms in total. The molecule has 1 aromatic rings. The summed E-state index contributed by atoms with van der Waals surface area (Å²) < 4.78 is 1.19. The summed E-state index contributed by atoms with van der Waals surface area (Å²) in [5, 5.41) is 2.64. The first-order valence-corrected chi connectivity index (χ1v) is 4.17. The second-order valence-electron chi connectivity index (χ2n) is 3.09. The molecule has 0 atom stereocenters. The van der Waals surface area contributed by atoms with E-state index in [9.17, 15) is 14.4 Å². The van der Waals surface area contributed by atoms with Gasteiger partial charge < -0.3 is 11.1 Å². The minimum absolute atomic E-state index is 0.0733. The van der Waals surface area contributed by atoms with Crippen molar-refractivity contribution in [3.63, 3.8) is 0 Å². The maximum absolute atomic E-state index is 11.4. The van der Waals surface area contributed by atoms with Crippen molar-refractivity contribution in [2.24, 2.45) is 0 Å². The normalized spacial score (nSPS) is 13.7. The molecule has 1 aliphatic rings. The number of hydrogen-bond acceptors (Lipinski definition) is 5. The van der Waals surface area contributed by atoms with E-state index in [2.05, 4.69) is 10.3 Å². The van der Waals surface area contributed by atoms with E-state index in [4.69, 9.17) is 5.73 Å². The van der Waals surface area contributed by atoms with E-state index in [0.29, 0.717) is 11.9 Å². The molecule has 0 aromatic carbocycles. The Morgan fingerprint density at radius 1 is 1.47 bits per heavy atom. The van der Waals surface area contributed by atoms with Crippen LogP contribution in [0.4, 0.5) is 11.5 Å². The monoisotopic (exact) mass is 208 g/mol. The Balaban J connectivity index is 2.67. The molecule has 0 aliphatic carbocycles. The Bertz CT molecular complexity index is 566. The lowest BCUT2D eigenvalue weighted by molar-refractivity contribution is -0.105. The highest BCUT2D eigenvalue weighted by atomic mass is 16.2. The third-order valence-corrected chi connectivity index (χ3v) is 2.12. The third-order valence-electron chi connectivity index (χ3n) is 2.12. The standard InChI is InChI=1S/C8H8N4O3/c9-5-6-10-1-4(3-13)2-12(6)8(15)11-7(5)14/h1,3,10H,2,9H2,(H,11,14,15). The number of anilines is 2. The van der Waals surface area contributed by atoms with Gasteiger partial charge in [-0.05, 0) is 0 Å². The van der Waals surface area contributed by atoms with Gasteiger partial charge in [-0.15, -0.1) is 0 Å². The Morgan fingerprint density at radius 2 is 2.20 bits per heavy atom. The van der Waals surface area contributed by atoms with Gasteiger partial charge in [0.15, 0.2) is 0 Å². The number of aldehydes is 1. The number of carbonyl (C=O) groups excluding carboxylic acids is 1. The van der Waals surface area contributed by atoms with E-state index < -0.39 is 11.2 Å². The van der Waals surface area contributed by atoms with Crippen LogP contribution < -0.4 is 22.3 Å². The molecule has 15 heavy (non-hydrogen) atoms. The van der Waals surface area contributed by atoms with Gasteiger partial charge in [-0.25, -0.2) is 4.79 Å². The van der Waals surface area contributed by atoms with E-state index in [0.717, 1.165) is 0 Å². The molecule has 0 fully saturated rings. The summed E-state index contributed by atoms with van der Waals surface area (Å²) in [7, 11) is 0. The molecule has 1 aromatic heterocycles. The quantitative estimate of drug-likeness (QED) is 0.493. The van der Waals surface area contributed by atoms with Crippen LogP contribution in [0.15, 0.2) is 21.4 Å². The number of nitrogens with two attached hydrogens (primary N) is 1. The first-order valence-electron chi connectivity index (χ1n) is 4.17. The van der Waals surface area contributed by atoms with E-state index in [1.54, 1.807) is 0 Å². The number of aromatic amines is 1. The first-order chi connectivity index (χ1) is 7.13. The topological polar surface area (TPSA) is 110 Å². The molecule has 2 rings (SSSR count). The number of rotatable bonds is 1. The van der Waals surface area contributed by atoms with E-state index in [1.165, 1.54) is 10.8 Å². The van der Waals surface area contributed by atoms with Crippen molar-refractivity contribution in [2.45, 2.75) is 6.54 Å². The van der Waals surface area contributed by atoms with Crippen molar-refractivity contribution in [1.29, 1.82) is 0 Å². The average Bonchev–Trinajstić information content (AvgIpc) is 2.25. The molecule has 0 unspecified atom stereocenters. The highest BCUT2D eigenvalue weighted by Gasteiger charge is 2.16. The first kappa shape index (κ1) is 9.25. The molecule has 1 aliphatic heterocycles. The number of nitrogens with zero attached hydrogens (tertiary/aromatic N) is 1. The molecule has 0 saturated carbocycles. The maximum Gasteiger partial charge on any atom is 0.330 e. The lowest BCUT2D eigenvalue weighted by atomic mass is 10.2. The molecule has 7 heteroatoms. The molecule has 0 spiro atoms. The predicted octanol–water partition coefficient (Wildman–Crippen LogP) is -1.37. The lowest BCUT2D eigenvalue weighted by Gasteiger charge is -2.18. The molecular formula is C8H8N4O3. The Hall–Kier alpha value is -2.31. The van der Waals surface area contributed by atoms with Crippen molar-refractivity contribution in [3.05, 3.63) is 32.6 Å². The zero-order valence-electron chi connectivity index (χ0n) is 7.61. The zero-order chi connectivity index (χ0) is 11.0. The van der Waals surface area contributed by atoms with Gasteiger partial charge in [0.05, 0.1) is 6.54 Å². The number of aromatic nitrogens is 2. The summed E-state index contributed by atoms with van der Waals surface area (Å²) in [5.41, 5.74) is 4.57. The number of nitrogens with one attached hydrogen (secondary N) is 2. The lowest BCUT2D eigenvalue weighted by Crippen LogP contribution is -2.35. The summed E-state index contributed by atoms with van der Waals surface area (Å²) in [6.07, 6.45) is 2.04. The molecule has 0 bridgehead atoms. The third kappa shape index (κ3) is 1.33.